The summed E-state index contributed by atoms with van der Waals surface area (Å²) in [4.78, 5) is 0. The third-order valence-corrected chi connectivity index (χ3v) is 5.16. The summed E-state index contributed by atoms with van der Waals surface area (Å²) >= 11 is 0. The molecule has 12 heavy (non-hydrogen) atoms. The molecule has 0 bridgehead atoms. The molecule has 1 saturated carbocycles. The second-order valence-corrected chi connectivity index (χ2v) is 6.03. The van der Waals surface area contributed by atoms with Gasteiger partial charge in [-0.3, -0.25) is 0 Å². The summed E-state index contributed by atoms with van der Waals surface area (Å²) < 4.78 is 23.1. The number of rotatable bonds is 1. The molecule has 0 radical (unpaired) electrons. The molecule has 1 fully saturated rings. The Morgan fingerprint density at radius 1 is 1.17 bits per heavy atom. The van der Waals surface area contributed by atoms with Gasteiger partial charge in [0.25, 0.3) is 0 Å². The summed E-state index contributed by atoms with van der Waals surface area (Å²) in [6.07, 6.45) is 8.03. The van der Waals surface area contributed by atoms with E-state index in [4.69, 9.17) is 0 Å². The lowest BCUT2D eigenvalue weighted by Gasteiger charge is -2.33. The predicted octanol–water partition coefficient (Wildman–Crippen LogP) is 1.53. The smallest absolute Gasteiger partial charge is 0.157 e. The fraction of sp³-hybridized carbons (Fsp3) is 0.778. The molecule has 2 aliphatic rings. The zero-order chi connectivity index (χ0) is 8.60. The van der Waals surface area contributed by atoms with Crippen molar-refractivity contribution in [1.29, 1.82) is 0 Å². The maximum atomic E-state index is 11.6. The summed E-state index contributed by atoms with van der Waals surface area (Å²) in [5.74, 6) is 0.744. The van der Waals surface area contributed by atoms with Gasteiger partial charge in [-0.05, 0) is 25.2 Å². The Hall–Kier alpha value is -0.310. The molecule has 0 aromatic heterocycles. The minimum Gasteiger partial charge on any atom is -0.228 e. The van der Waals surface area contributed by atoms with Gasteiger partial charge >= 0.3 is 0 Å². The van der Waals surface area contributed by atoms with Crippen LogP contribution in [0.2, 0.25) is 0 Å². The average Bonchev–Trinajstić information content (AvgIpc) is 1.89. The predicted molar refractivity (Wildman–Crippen MR) is 48.7 cm³/mol. The molecule has 0 amide bonds. The van der Waals surface area contributed by atoms with Crippen LogP contribution in [0.25, 0.3) is 0 Å². The van der Waals surface area contributed by atoms with Crippen LogP contribution >= 0.6 is 0 Å². The molecule has 0 aromatic carbocycles. The van der Waals surface area contributed by atoms with Crippen molar-refractivity contribution in [3.63, 3.8) is 0 Å². The number of hydrogen-bond acceptors (Lipinski definition) is 2. The minimum absolute atomic E-state index is 0.0451. The van der Waals surface area contributed by atoms with Crippen LogP contribution in [0.3, 0.4) is 0 Å². The van der Waals surface area contributed by atoms with E-state index < -0.39 is 9.84 Å². The van der Waals surface area contributed by atoms with Gasteiger partial charge in [-0.25, -0.2) is 8.42 Å². The quantitative estimate of drug-likeness (QED) is 0.582. The third-order valence-electron chi connectivity index (χ3n) is 3.00. The van der Waals surface area contributed by atoms with Crippen molar-refractivity contribution in [3.8, 4) is 0 Å². The van der Waals surface area contributed by atoms with Crippen LogP contribution in [0.4, 0.5) is 0 Å². The summed E-state index contributed by atoms with van der Waals surface area (Å²) in [6.45, 7) is 0. The van der Waals surface area contributed by atoms with E-state index in [0.717, 1.165) is 19.3 Å². The molecule has 68 valence electrons. The molecule has 2 nitrogen and oxygen atoms in total. The van der Waals surface area contributed by atoms with Gasteiger partial charge in [0.2, 0.25) is 0 Å². The highest BCUT2D eigenvalue weighted by Gasteiger charge is 2.36. The lowest BCUT2D eigenvalue weighted by molar-refractivity contribution is 0.298. The summed E-state index contributed by atoms with van der Waals surface area (Å²) in [7, 11) is -2.77. The normalized spacial score (nSPS) is 34.5. The maximum Gasteiger partial charge on any atom is 0.157 e. The largest absolute Gasteiger partial charge is 0.228 e. The molecule has 1 unspecified atom stereocenters. The van der Waals surface area contributed by atoms with Crippen LogP contribution in [-0.4, -0.2) is 19.4 Å². The van der Waals surface area contributed by atoms with E-state index >= 15 is 0 Å². The number of hydrogen-bond donors (Lipinski definition) is 0. The SMILES string of the molecule is O=S1(=O)CC=CCC1C1CCC1. The van der Waals surface area contributed by atoms with Crippen molar-refractivity contribution < 1.29 is 8.42 Å². The molecule has 1 atom stereocenters. The van der Waals surface area contributed by atoms with Crippen molar-refractivity contribution in [1.82, 2.24) is 0 Å². The van der Waals surface area contributed by atoms with Gasteiger partial charge in [-0.15, -0.1) is 0 Å². The Kier molecular flexibility index (Phi) is 1.99. The molecular formula is C9H14O2S. The Labute approximate surface area is 73.6 Å². The highest BCUT2D eigenvalue weighted by molar-refractivity contribution is 7.92. The Morgan fingerprint density at radius 3 is 2.42 bits per heavy atom. The highest BCUT2D eigenvalue weighted by Crippen LogP contribution is 2.36. The van der Waals surface area contributed by atoms with Crippen LogP contribution in [-0.2, 0) is 9.84 Å². The second-order valence-electron chi connectivity index (χ2n) is 3.77. The van der Waals surface area contributed by atoms with Crippen molar-refractivity contribution in [2.24, 2.45) is 5.92 Å². The van der Waals surface area contributed by atoms with E-state index in [1.807, 2.05) is 6.08 Å². The summed E-state index contributed by atoms with van der Waals surface area (Å²) in [5, 5.41) is -0.0451. The number of sulfone groups is 1. The summed E-state index contributed by atoms with van der Waals surface area (Å²) in [6, 6.07) is 0. The van der Waals surface area contributed by atoms with Crippen molar-refractivity contribution in [3.05, 3.63) is 12.2 Å². The first kappa shape index (κ1) is 8.30. The zero-order valence-corrected chi connectivity index (χ0v) is 7.89. The molecule has 0 saturated heterocycles. The van der Waals surface area contributed by atoms with Gasteiger partial charge < -0.3 is 0 Å². The molecule has 1 aliphatic carbocycles. The molecule has 0 aromatic rings. The third kappa shape index (κ3) is 1.30. The van der Waals surface area contributed by atoms with Crippen molar-refractivity contribution >= 4 is 9.84 Å². The van der Waals surface area contributed by atoms with Gasteiger partial charge in [0, 0.05) is 0 Å². The van der Waals surface area contributed by atoms with Crippen LogP contribution in [0.1, 0.15) is 25.7 Å². The molecule has 3 heteroatoms. The van der Waals surface area contributed by atoms with Crippen LogP contribution in [0.15, 0.2) is 12.2 Å². The standard InChI is InChI=1S/C9H14O2S/c10-12(11)7-2-1-6-9(12)8-4-3-5-8/h1-2,8-9H,3-7H2. The number of allylic oxidation sites excluding steroid dienone is 1. The topological polar surface area (TPSA) is 34.1 Å². The van der Waals surface area contributed by atoms with Gasteiger partial charge in [0.1, 0.15) is 0 Å². The van der Waals surface area contributed by atoms with Crippen LogP contribution in [0, 0.1) is 5.92 Å². The van der Waals surface area contributed by atoms with Gasteiger partial charge in [-0.1, -0.05) is 18.6 Å². The molecule has 0 spiro atoms. The molecule has 1 aliphatic heterocycles. The van der Waals surface area contributed by atoms with E-state index in [-0.39, 0.29) is 11.0 Å². The maximum absolute atomic E-state index is 11.6. The lowest BCUT2D eigenvalue weighted by atomic mass is 9.81. The van der Waals surface area contributed by atoms with E-state index in [2.05, 4.69) is 0 Å². The first-order valence-corrected chi connectivity index (χ1v) is 6.28. The second kappa shape index (κ2) is 2.87. The van der Waals surface area contributed by atoms with E-state index in [0.29, 0.717) is 5.92 Å². The van der Waals surface area contributed by atoms with E-state index in [1.54, 1.807) is 6.08 Å². The fourth-order valence-corrected chi connectivity index (χ4v) is 3.91. The lowest BCUT2D eigenvalue weighted by Crippen LogP contribution is -2.36. The van der Waals surface area contributed by atoms with Crippen molar-refractivity contribution in [2.45, 2.75) is 30.9 Å². The molecule has 2 rings (SSSR count). The average molecular weight is 186 g/mol. The van der Waals surface area contributed by atoms with Crippen molar-refractivity contribution in [2.75, 3.05) is 5.75 Å². The van der Waals surface area contributed by atoms with Gasteiger partial charge in [0.05, 0.1) is 11.0 Å². The fourth-order valence-electron chi connectivity index (χ4n) is 2.00. The van der Waals surface area contributed by atoms with E-state index in [1.165, 1.54) is 6.42 Å². The van der Waals surface area contributed by atoms with Gasteiger partial charge in [-0.2, -0.15) is 0 Å². The molecular weight excluding hydrogens is 172 g/mol. The Morgan fingerprint density at radius 2 is 1.92 bits per heavy atom. The Bertz CT molecular complexity index is 286. The molecule has 1 heterocycles. The van der Waals surface area contributed by atoms with E-state index in [9.17, 15) is 8.42 Å². The minimum atomic E-state index is -2.77. The first-order chi connectivity index (χ1) is 5.70. The van der Waals surface area contributed by atoms with Crippen LogP contribution < -0.4 is 0 Å². The molecule has 0 N–H and O–H groups in total. The Balaban J connectivity index is 2.17. The highest BCUT2D eigenvalue weighted by atomic mass is 32.2. The monoisotopic (exact) mass is 186 g/mol. The zero-order valence-electron chi connectivity index (χ0n) is 7.07. The van der Waals surface area contributed by atoms with Crippen LogP contribution in [0.5, 0.6) is 0 Å². The first-order valence-electron chi connectivity index (χ1n) is 4.57. The summed E-state index contributed by atoms with van der Waals surface area (Å²) in [5.41, 5.74) is 0. The van der Waals surface area contributed by atoms with Gasteiger partial charge in [0.15, 0.2) is 9.84 Å².